The molecule has 116 valence electrons. The number of hydrogen-bond acceptors (Lipinski definition) is 6. The molecule has 6 heteroatoms. The van der Waals surface area contributed by atoms with Gasteiger partial charge in [0.25, 0.3) is 0 Å². The number of carbonyl (C=O) groups excluding carboxylic acids is 3. The van der Waals surface area contributed by atoms with E-state index in [9.17, 15) is 29.7 Å². The lowest BCUT2D eigenvalue weighted by Crippen LogP contribution is -2.51. The molecule has 0 atom stereocenters. The van der Waals surface area contributed by atoms with Gasteiger partial charge in [-0.3, -0.25) is 14.4 Å². The highest BCUT2D eigenvalue weighted by Crippen LogP contribution is 2.38. The lowest BCUT2D eigenvalue weighted by Gasteiger charge is -2.36. The van der Waals surface area contributed by atoms with Crippen molar-refractivity contribution in [2.24, 2.45) is 10.8 Å². The summed E-state index contributed by atoms with van der Waals surface area (Å²) in [7, 11) is 0. The van der Waals surface area contributed by atoms with Crippen LogP contribution in [-0.2, 0) is 14.4 Å². The highest BCUT2D eigenvalue weighted by atomic mass is 16.3. The highest BCUT2D eigenvalue weighted by molar-refractivity contribution is 6.31. The topological polar surface area (TPSA) is 112 Å². The molecule has 0 unspecified atom stereocenters. The molecule has 0 rings (SSSR count). The molecule has 0 spiro atoms. The first-order valence-electron chi connectivity index (χ1n) is 6.17. The molecule has 0 aromatic heterocycles. The van der Waals surface area contributed by atoms with E-state index in [1.54, 1.807) is 0 Å². The van der Waals surface area contributed by atoms with Gasteiger partial charge >= 0.3 is 0 Å². The van der Waals surface area contributed by atoms with Crippen LogP contribution in [0.2, 0.25) is 0 Å². The van der Waals surface area contributed by atoms with Crippen molar-refractivity contribution in [2.75, 3.05) is 19.8 Å². The Kier molecular flexibility index (Phi) is 7.08. The molecular formula is C15H20O6. The molecule has 0 radical (unpaired) electrons. The van der Waals surface area contributed by atoms with Crippen LogP contribution in [0, 0.1) is 10.8 Å². The van der Waals surface area contributed by atoms with E-state index in [1.807, 2.05) is 0 Å². The van der Waals surface area contributed by atoms with Crippen LogP contribution in [0.3, 0.4) is 0 Å². The third-order valence-corrected chi connectivity index (χ3v) is 3.46. The zero-order valence-electron chi connectivity index (χ0n) is 11.7. The van der Waals surface area contributed by atoms with E-state index in [1.165, 1.54) is 0 Å². The summed E-state index contributed by atoms with van der Waals surface area (Å²) in [6.07, 6.45) is 1.84. The van der Waals surface area contributed by atoms with Gasteiger partial charge in [0.1, 0.15) is 0 Å². The highest BCUT2D eigenvalue weighted by Gasteiger charge is 2.53. The Bertz CT molecular complexity index is 400. The molecule has 0 aliphatic heterocycles. The van der Waals surface area contributed by atoms with Gasteiger partial charge in [0.15, 0.2) is 22.8 Å². The molecule has 0 aliphatic carbocycles. The van der Waals surface area contributed by atoms with Crippen LogP contribution >= 0.6 is 0 Å². The Hall–Kier alpha value is -1.89. The average Bonchev–Trinajstić information content (AvgIpc) is 2.54. The average molecular weight is 296 g/mol. The Balaban J connectivity index is 6.24. The number of allylic oxidation sites excluding steroid dienone is 3. The van der Waals surface area contributed by atoms with Crippen molar-refractivity contribution in [3.8, 4) is 0 Å². The second kappa shape index (κ2) is 7.78. The fraction of sp³-hybridized carbons (Fsp3) is 0.400. The van der Waals surface area contributed by atoms with Gasteiger partial charge in [0.05, 0.1) is 19.8 Å². The van der Waals surface area contributed by atoms with Gasteiger partial charge < -0.3 is 15.3 Å². The molecule has 0 aromatic rings. The minimum Gasteiger partial charge on any atom is -0.396 e. The zero-order valence-corrected chi connectivity index (χ0v) is 11.7. The lowest BCUT2D eigenvalue weighted by molar-refractivity contribution is -0.147. The van der Waals surface area contributed by atoms with Gasteiger partial charge in [-0.25, -0.2) is 0 Å². The maximum Gasteiger partial charge on any atom is 0.176 e. The number of rotatable bonds is 11. The minimum absolute atomic E-state index is 0.579. The summed E-state index contributed by atoms with van der Waals surface area (Å²) in [6.45, 7) is 7.61. The summed E-state index contributed by atoms with van der Waals surface area (Å²) in [5.41, 5.74) is -3.82. The van der Waals surface area contributed by atoms with Crippen LogP contribution in [0.25, 0.3) is 0 Å². The molecule has 0 saturated heterocycles. The normalized spacial score (nSPS) is 11.6. The molecule has 0 aliphatic rings. The predicted octanol–water partition coefficient (Wildman–Crippen LogP) is -0.409. The van der Waals surface area contributed by atoms with Gasteiger partial charge in [0.2, 0.25) is 0 Å². The van der Waals surface area contributed by atoms with Crippen molar-refractivity contribution in [1.82, 2.24) is 0 Å². The molecule has 0 heterocycles. The summed E-state index contributed by atoms with van der Waals surface area (Å²) in [4.78, 5) is 36.5. The van der Waals surface area contributed by atoms with Crippen LogP contribution in [0.4, 0.5) is 0 Å². The lowest BCUT2D eigenvalue weighted by atomic mass is 9.64. The van der Waals surface area contributed by atoms with Gasteiger partial charge in [-0.15, -0.1) is 0 Å². The third kappa shape index (κ3) is 3.41. The van der Waals surface area contributed by atoms with Crippen LogP contribution in [0.5, 0.6) is 0 Å². The zero-order chi connectivity index (χ0) is 16.7. The van der Waals surface area contributed by atoms with Gasteiger partial charge in [-0.2, -0.15) is 0 Å². The predicted molar refractivity (Wildman–Crippen MR) is 76.4 cm³/mol. The largest absolute Gasteiger partial charge is 0.396 e. The molecule has 0 bridgehead atoms. The van der Waals surface area contributed by atoms with E-state index in [0.717, 1.165) is 18.2 Å². The fourth-order valence-electron chi connectivity index (χ4n) is 2.03. The Morgan fingerprint density at radius 3 is 1.24 bits per heavy atom. The third-order valence-electron chi connectivity index (χ3n) is 3.46. The standard InChI is InChI=1S/C15H20O6/c1-4-11(19)15(12(20)5-2,13(21)6-3)7-14(8-16,9-17)10-18/h4-6,16-18H,1-3,7-10H2. The molecule has 3 N–H and O–H groups in total. The first kappa shape index (κ1) is 19.1. The number of carbonyl (C=O) groups is 3. The SMILES string of the molecule is C=CC(=O)C(CC(CO)(CO)CO)(C(=O)C=C)C(=O)C=C. The number of aliphatic hydroxyl groups excluding tert-OH is 3. The number of aliphatic hydroxyl groups is 3. The Labute approximate surface area is 123 Å². The summed E-state index contributed by atoms with van der Waals surface area (Å²) in [5.74, 6) is -2.72. The maximum absolute atomic E-state index is 12.2. The summed E-state index contributed by atoms with van der Waals surface area (Å²) in [5, 5.41) is 28.1. The molecule has 6 nitrogen and oxygen atoms in total. The van der Waals surface area contributed by atoms with Crippen LogP contribution in [0.15, 0.2) is 38.0 Å². The van der Waals surface area contributed by atoms with E-state index in [2.05, 4.69) is 19.7 Å². The second-order valence-electron chi connectivity index (χ2n) is 4.76. The summed E-state index contributed by atoms with van der Waals surface area (Å²) in [6, 6.07) is 0. The fourth-order valence-corrected chi connectivity index (χ4v) is 2.03. The van der Waals surface area contributed by atoms with Crippen molar-refractivity contribution in [2.45, 2.75) is 6.42 Å². The quantitative estimate of drug-likeness (QED) is 0.353. The molecule has 0 amide bonds. The second-order valence-corrected chi connectivity index (χ2v) is 4.76. The van der Waals surface area contributed by atoms with Crippen LogP contribution in [-0.4, -0.2) is 52.5 Å². The first-order chi connectivity index (χ1) is 9.83. The van der Waals surface area contributed by atoms with E-state index in [4.69, 9.17) is 0 Å². The van der Waals surface area contributed by atoms with Crippen molar-refractivity contribution in [3.63, 3.8) is 0 Å². The van der Waals surface area contributed by atoms with Crippen LogP contribution < -0.4 is 0 Å². The summed E-state index contributed by atoms with van der Waals surface area (Å²) >= 11 is 0. The monoisotopic (exact) mass is 296 g/mol. The Morgan fingerprint density at radius 1 is 0.762 bits per heavy atom. The first-order valence-corrected chi connectivity index (χ1v) is 6.17. The number of ketones is 3. The van der Waals surface area contributed by atoms with Crippen molar-refractivity contribution in [3.05, 3.63) is 38.0 Å². The molecule has 0 saturated carbocycles. The van der Waals surface area contributed by atoms with E-state index in [-0.39, 0.29) is 0 Å². The van der Waals surface area contributed by atoms with Gasteiger partial charge in [-0.05, 0) is 24.6 Å². The number of hydrogen-bond donors (Lipinski definition) is 3. The van der Waals surface area contributed by atoms with Crippen molar-refractivity contribution < 1.29 is 29.7 Å². The van der Waals surface area contributed by atoms with Crippen molar-refractivity contribution in [1.29, 1.82) is 0 Å². The molecule has 0 aromatic carbocycles. The van der Waals surface area contributed by atoms with E-state index in [0.29, 0.717) is 0 Å². The molecule has 0 fully saturated rings. The van der Waals surface area contributed by atoms with Gasteiger partial charge in [0, 0.05) is 5.41 Å². The summed E-state index contributed by atoms with van der Waals surface area (Å²) < 4.78 is 0. The smallest absolute Gasteiger partial charge is 0.176 e. The Morgan fingerprint density at radius 2 is 1.05 bits per heavy atom. The minimum atomic E-state index is -2.24. The van der Waals surface area contributed by atoms with Gasteiger partial charge in [-0.1, -0.05) is 19.7 Å². The van der Waals surface area contributed by atoms with Crippen LogP contribution in [0.1, 0.15) is 6.42 Å². The molecular weight excluding hydrogens is 276 g/mol. The molecule has 21 heavy (non-hydrogen) atoms. The van der Waals surface area contributed by atoms with E-state index >= 15 is 0 Å². The maximum atomic E-state index is 12.2. The van der Waals surface area contributed by atoms with Crippen molar-refractivity contribution >= 4 is 17.3 Å². The van der Waals surface area contributed by atoms with E-state index < -0.39 is 54.4 Å².